The molecule has 1 amide bonds. The monoisotopic (exact) mass is 385 g/mol. The molecule has 0 radical (unpaired) electrons. The molecule has 2 aromatic heterocycles. The van der Waals surface area contributed by atoms with Crippen molar-refractivity contribution in [2.24, 2.45) is 0 Å². The highest BCUT2D eigenvalue weighted by atomic mass is 35.5. The van der Waals surface area contributed by atoms with Crippen molar-refractivity contribution >= 4 is 29.0 Å². The van der Waals surface area contributed by atoms with Crippen molar-refractivity contribution in [1.29, 1.82) is 0 Å². The zero-order valence-electron chi connectivity index (χ0n) is 13.2. The summed E-state index contributed by atoms with van der Waals surface area (Å²) in [7, 11) is 0. The second-order valence-electron chi connectivity index (χ2n) is 5.23. The Bertz CT molecular complexity index is 974. The van der Waals surface area contributed by atoms with Crippen LogP contribution >= 0.6 is 11.6 Å². The first kappa shape index (κ1) is 17.9. The zero-order valence-corrected chi connectivity index (χ0v) is 14.0. The Hall–Kier alpha value is -2.88. The van der Waals surface area contributed by atoms with Crippen molar-refractivity contribution in [2.45, 2.75) is 13.1 Å². The van der Waals surface area contributed by atoms with Crippen LogP contribution in [0, 0.1) is 6.92 Å². The summed E-state index contributed by atoms with van der Waals surface area (Å²) >= 11 is 5.85. The summed E-state index contributed by atoms with van der Waals surface area (Å²) < 4.78 is 43.2. The number of anilines is 1. The Balaban J connectivity index is 1.85. The number of carbonyl (C=O) groups is 1. The smallest absolute Gasteiger partial charge is 0.422 e. The quantitative estimate of drug-likeness (QED) is 0.745. The van der Waals surface area contributed by atoms with Crippen molar-refractivity contribution in [3.63, 3.8) is 0 Å². The van der Waals surface area contributed by atoms with Gasteiger partial charge in [0.2, 0.25) is 5.82 Å². The molecule has 2 heterocycles. The average molecular weight is 386 g/mol. The van der Waals surface area contributed by atoms with Gasteiger partial charge in [-0.3, -0.25) is 4.79 Å². The van der Waals surface area contributed by atoms with Gasteiger partial charge in [0.15, 0.2) is 6.61 Å². The van der Waals surface area contributed by atoms with E-state index < -0.39 is 18.7 Å². The number of carbonyl (C=O) groups excluding carboxylic acids is 1. The highest BCUT2D eigenvalue weighted by Crippen LogP contribution is 2.30. The first-order valence-electron chi connectivity index (χ1n) is 7.22. The number of nitrogens with one attached hydrogen (secondary N) is 1. The Morgan fingerprint density at radius 3 is 2.81 bits per heavy atom. The van der Waals surface area contributed by atoms with E-state index in [0.717, 1.165) is 0 Å². The molecule has 3 rings (SSSR count). The summed E-state index contributed by atoms with van der Waals surface area (Å²) in [5.41, 5.74) is 0.675. The molecule has 0 fully saturated rings. The predicted octanol–water partition coefficient (Wildman–Crippen LogP) is 3.28. The molecule has 26 heavy (non-hydrogen) atoms. The van der Waals surface area contributed by atoms with Crippen molar-refractivity contribution in [3.8, 4) is 5.75 Å². The molecular formula is C15H11ClF3N5O2. The normalized spacial score (nSPS) is 11.6. The van der Waals surface area contributed by atoms with Crippen LogP contribution in [-0.2, 0) is 0 Å². The number of aromatic nitrogens is 4. The van der Waals surface area contributed by atoms with Crippen LogP contribution in [-0.4, -0.2) is 38.3 Å². The molecule has 0 spiro atoms. The van der Waals surface area contributed by atoms with Gasteiger partial charge in [-0.1, -0.05) is 11.6 Å². The second-order valence-corrected chi connectivity index (χ2v) is 5.67. The molecule has 11 heteroatoms. The first-order valence-corrected chi connectivity index (χ1v) is 7.59. The van der Waals surface area contributed by atoms with Gasteiger partial charge in [-0.25, -0.2) is 9.50 Å². The lowest BCUT2D eigenvalue weighted by molar-refractivity contribution is -0.153. The molecule has 0 aliphatic carbocycles. The molecule has 0 saturated carbocycles. The number of hydrogen-bond acceptors (Lipinski definition) is 5. The van der Waals surface area contributed by atoms with Gasteiger partial charge >= 0.3 is 6.18 Å². The number of hydrogen-bond donors (Lipinski definition) is 1. The van der Waals surface area contributed by atoms with E-state index >= 15 is 0 Å². The number of fused-ring (bicyclic) bond motifs is 1. The molecule has 136 valence electrons. The summed E-state index contributed by atoms with van der Waals surface area (Å²) in [4.78, 5) is 20.3. The number of ether oxygens (including phenoxy) is 1. The van der Waals surface area contributed by atoms with E-state index in [1.165, 1.54) is 28.9 Å². The maximum absolute atomic E-state index is 12.4. The first-order chi connectivity index (χ1) is 12.2. The van der Waals surface area contributed by atoms with Crippen molar-refractivity contribution in [2.75, 3.05) is 11.9 Å². The average Bonchev–Trinajstić information content (AvgIpc) is 2.99. The molecule has 1 N–H and O–H groups in total. The van der Waals surface area contributed by atoms with E-state index in [1.807, 2.05) is 0 Å². The topological polar surface area (TPSA) is 81.4 Å². The Morgan fingerprint density at radius 1 is 1.35 bits per heavy atom. The Morgan fingerprint density at radius 2 is 2.12 bits per heavy atom. The van der Waals surface area contributed by atoms with Gasteiger partial charge in [0.05, 0.1) is 5.69 Å². The van der Waals surface area contributed by atoms with Gasteiger partial charge in [-0.05, 0) is 31.2 Å². The minimum atomic E-state index is -4.52. The minimum absolute atomic E-state index is 0.0321. The predicted molar refractivity (Wildman–Crippen MR) is 86.5 cm³/mol. The SMILES string of the molecule is Cc1ccnc2nc(C(=O)Nc3cc(Cl)ccc3OCC(F)(F)F)nn12. The summed E-state index contributed by atoms with van der Waals surface area (Å²) in [5.74, 6) is -0.907. The van der Waals surface area contributed by atoms with Gasteiger partial charge < -0.3 is 10.1 Å². The molecule has 0 bridgehead atoms. The van der Waals surface area contributed by atoms with Crippen LogP contribution in [0.2, 0.25) is 5.02 Å². The molecular weight excluding hydrogens is 375 g/mol. The highest BCUT2D eigenvalue weighted by molar-refractivity contribution is 6.31. The number of alkyl halides is 3. The lowest BCUT2D eigenvalue weighted by Crippen LogP contribution is -2.20. The van der Waals surface area contributed by atoms with Crippen LogP contribution in [0.5, 0.6) is 5.75 Å². The van der Waals surface area contributed by atoms with E-state index in [9.17, 15) is 18.0 Å². The summed E-state index contributed by atoms with van der Waals surface area (Å²) in [5, 5.41) is 6.63. The Labute approximate surface area is 149 Å². The fourth-order valence-corrected chi connectivity index (χ4v) is 2.24. The van der Waals surface area contributed by atoms with Crippen LogP contribution < -0.4 is 10.1 Å². The van der Waals surface area contributed by atoms with Crippen molar-refractivity contribution in [3.05, 3.63) is 47.0 Å². The lowest BCUT2D eigenvalue weighted by Gasteiger charge is -2.13. The zero-order chi connectivity index (χ0) is 18.9. The molecule has 3 aromatic rings. The molecule has 0 atom stereocenters. The third kappa shape index (κ3) is 4.02. The van der Waals surface area contributed by atoms with Gasteiger partial charge in [0.1, 0.15) is 5.75 Å². The maximum atomic E-state index is 12.4. The van der Waals surface area contributed by atoms with Crippen LogP contribution in [0.4, 0.5) is 18.9 Å². The minimum Gasteiger partial charge on any atom is -0.482 e. The Kier molecular flexibility index (Phi) is 4.68. The number of benzene rings is 1. The van der Waals surface area contributed by atoms with E-state index in [2.05, 4.69) is 20.4 Å². The highest BCUT2D eigenvalue weighted by Gasteiger charge is 2.29. The number of rotatable bonds is 4. The summed E-state index contributed by atoms with van der Waals surface area (Å²) in [6.07, 6.45) is -3.01. The number of amides is 1. The number of aryl methyl sites for hydroxylation is 1. The van der Waals surface area contributed by atoms with Gasteiger partial charge in [-0.15, -0.1) is 5.10 Å². The van der Waals surface area contributed by atoms with E-state index in [4.69, 9.17) is 16.3 Å². The van der Waals surface area contributed by atoms with E-state index in [0.29, 0.717) is 5.69 Å². The summed E-state index contributed by atoms with van der Waals surface area (Å²) in [6, 6.07) is 5.53. The molecule has 0 unspecified atom stereocenters. The fourth-order valence-electron chi connectivity index (χ4n) is 2.07. The van der Waals surface area contributed by atoms with Gasteiger partial charge in [0, 0.05) is 16.9 Å². The van der Waals surface area contributed by atoms with Crippen LogP contribution in [0.1, 0.15) is 16.3 Å². The van der Waals surface area contributed by atoms with Crippen LogP contribution in [0.25, 0.3) is 5.78 Å². The summed E-state index contributed by atoms with van der Waals surface area (Å²) in [6.45, 7) is 0.248. The number of halogens is 4. The molecule has 0 saturated heterocycles. The van der Waals surface area contributed by atoms with E-state index in [-0.39, 0.29) is 28.1 Å². The third-order valence-corrected chi connectivity index (χ3v) is 3.45. The lowest BCUT2D eigenvalue weighted by atomic mass is 10.3. The molecule has 7 nitrogen and oxygen atoms in total. The second kappa shape index (κ2) is 6.79. The van der Waals surface area contributed by atoms with Gasteiger partial charge in [-0.2, -0.15) is 18.2 Å². The van der Waals surface area contributed by atoms with Crippen molar-refractivity contribution < 1.29 is 22.7 Å². The van der Waals surface area contributed by atoms with Crippen LogP contribution in [0.3, 0.4) is 0 Å². The van der Waals surface area contributed by atoms with Crippen molar-refractivity contribution in [1.82, 2.24) is 19.6 Å². The fraction of sp³-hybridized carbons (Fsp3) is 0.200. The standard InChI is InChI=1S/C15H11ClF3N5O2/c1-8-4-5-20-14-22-12(23-24(8)14)13(25)21-10-6-9(16)2-3-11(10)26-7-15(17,18)19/h2-6H,7H2,1H3,(H,21,25). The molecule has 0 aliphatic rings. The van der Waals surface area contributed by atoms with Crippen LogP contribution in [0.15, 0.2) is 30.5 Å². The van der Waals surface area contributed by atoms with E-state index in [1.54, 1.807) is 13.0 Å². The maximum Gasteiger partial charge on any atom is 0.422 e. The molecule has 1 aromatic carbocycles. The third-order valence-electron chi connectivity index (χ3n) is 3.21. The number of nitrogens with zero attached hydrogens (tertiary/aromatic N) is 4. The molecule has 0 aliphatic heterocycles. The van der Waals surface area contributed by atoms with Gasteiger partial charge in [0.25, 0.3) is 11.7 Å². The largest absolute Gasteiger partial charge is 0.482 e.